The van der Waals surface area contributed by atoms with E-state index in [0.717, 1.165) is 31.4 Å². The fraction of sp³-hybridized carbons (Fsp3) is 0.688. The van der Waals surface area contributed by atoms with E-state index in [4.69, 9.17) is 9.47 Å². The van der Waals surface area contributed by atoms with E-state index in [9.17, 15) is 9.59 Å². The van der Waals surface area contributed by atoms with Crippen LogP contribution in [0.3, 0.4) is 0 Å². The van der Waals surface area contributed by atoms with Crippen LogP contribution in [0, 0.1) is 12.8 Å². The molecule has 3 heterocycles. The summed E-state index contributed by atoms with van der Waals surface area (Å²) in [4.78, 5) is 26.5. The molecule has 0 saturated carbocycles. The first-order valence-corrected chi connectivity index (χ1v) is 8.28. The molecule has 1 unspecified atom stereocenters. The Morgan fingerprint density at radius 3 is 2.91 bits per heavy atom. The SMILES string of the molecule is CCOC(=O)C1CCCN(C(=O)c2nn3c(c2C)OCCC3)C1. The fourth-order valence-electron chi connectivity index (χ4n) is 3.22. The lowest BCUT2D eigenvalue weighted by Crippen LogP contribution is -2.43. The number of esters is 1. The predicted octanol–water partition coefficient (Wildman–Crippen LogP) is 1.39. The second kappa shape index (κ2) is 6.60. The Kier molecular flexibility index (Phi) is 4.54. The molecule has 126 valence electrons. The van der Waals surface area contributed by atoms with Gasteiger partial charge in [0, 0.05) is 31.6 Å². The number of nitrogens with zero attached hydrogens (tertiary/aromatic N) is 3. The number of hydrogen-bond donors (Lipinski definition) is 0. The van der Waals surface area contributed by atoms with Crippen molar-refractivity contribution in [2.75, 3.05) is 26.3 Å². The summed E-state index contributed by atoms with van der Waals surface area (Å²) in [6, 6.07) is 0. The van der Waals surface area contributed by atoms with Crippen LogP contribution in [0.5, 0.6) is 5.88 Å². The number of carbonyl (C=O) groups is 2. The first-order valence-electron chi connectivity index (χ1n) is 8.28. The Hall–Kier alpha value is -2.05. The molecule has 7 nitrogen and oxygen atoms in total. The average Bonchev–Trinajstić information content (AvgIpc) is 2.92. The molecule has 2 aliphatic heterocycles. The van der Waals surface area contributed by atoms with Crippen molar-refractivity contribution in [2.45, 2.75) is 39.7 Å². The maximum Gasteiger partial charge on any atom is 0.310 e. The molecule has 0 aliphatic carbocycles. The van der Waals surface area contributed by atoms with Crippen molar-refractivity contribution < 1.29 is 19.1 Å². The summed E-state index contributed by atoms with van der Waals surface area (Å²) < 4.78 is 12.5. The molecular formula is C16H23N3O4. The van der Waals surface area contributed by atoms with Gasteiger partial charge in [0.25, 0.3) is 5.91 Å². The van der Waals surface area contributed by atoms with Crippen LogP contribution in [0.4, 0.5) is 0 Å². The number of ether oxygens (including phenoxy) is 2. The third kappa shape index (κ3) is 3.04. The van der Waals surface area contributed by atoms with E-state index < -0.39 is 0 Å². The number of rotatable bonds is 3. The van der Waals surface area contributed by atoms with E-state index in [2.05, 4.69) is 5.10 Å². The molecule has 23 heavy (non-hydrogen) atoms. The van der Waals surface area contributed by atoms with Crippen LogP contribution >= 0.6 is 0 Å². The van der Waals surface area contributed by atoms with Gasteiger partial charge in [-0.15, -0.1) is 0 Å². The monoisotopic (exact) mass is 321 g/mol. The molecule has 7 heteroatoms. The van der Waals surface area contributed by atoms with Crippen molar-refractivity contribution in [1.82, 2.24) is 14.7 Å². The number of likely N-dealkylation sites (tertiary alicyclic amines) is 1. The predicted molar refractivity (Wildman–Crippen MR) is 82.3 cm³/mol. The van der Waals surface area contributed by atoms with E-state index in [1.165, 1.54) is 0 Å². The molecule has 0 bridgehead atoms. The van der Waals surface area contributed by atoms with Crippen molar-refractivity contribution in [3.63, 3.8) is 0 Å². The van der Waals surface area contributed by atoms with Gasteiger partial charge in [0.15, 0.2) is 5.69 Å². The van der Waals surface area contributed by atoms with Crippen LogP contribution in [-0.2, 0) is 16.1 Å². The van der Waals surface area contributed by atoms with Gasteiger partial charge in [-0.3, -0.25) is 9.59 Å². The van der Waals surface area contributed by atoms with Crippen LogP contribution in [-0.4, -0.2) is 52.9 Å². The molecule has 1 fully saturated rings. The molecule has 1 atom stereocenters. The molecule has 3 rings (SSSR count). The van der Waals surface area contributed by atoms with Gasteiger partial charge in [0.05, 0.1) is 19.1 Å². The maximum atomic E-state index is 12.8. The Morgan fingerprint density at radius 1 is 1.35 bits per heavy atom. The Labute approximate surface area is 135 Å². The summed E-state index contributed by atoms with van der Waals surface area (Å²) in [5.41, 5.74) is 1.22. The molecule has 1 saturated heterocycles. The number of hydrogen-bond acceptors (Lipinski definition) is 5. The van der Waals surface area contributed by atoms with Crippen molar-refractivity contribution in [2.24, 2.45) is 5.92 Å². The number of carbonyl (C=O) groups excluding carboxylic acids is 2. The second-order valence-electron chi connectivity index (χ2n) is 6.05. The molecule has 0 N–H and O–H groups in total. The Bertz CT molecular complexity index is 611. The highest BCUT2D eigenvalue weighted by molar-refractivity contribution is 5.94. The lowest BCUT2D eigenvalue weighted by atomic mass is 9.98. The van der Waals surface area contributed by atoms with Gasteiger partial charge in [-0.1, -0.05) is 0 Å². The summed E-state index contributed by atoms with van der Waals surface area (Å²) in [5, 5.41) is 4.42. The summed E-state index contributed by atoms with van der Waals surface area (Å²) in [6.07, 6.45) is 2.47. The lowest BCUT2D eigenvalue weighted by Gasteiger charge is -2.31. The Morgan fingerprint density at radius 2 is 2.17 bits per heavy atom. The average molecular weight is 321 g/mol. The highest BCUT2D eigenvalue weighted by Crippen LogP contribution is 2.27. The highest BCUT2D eigenvalue weighted by atomic mass is 16.5. The quantitative estimate of drug-likeness (QED) is 0.787. The van der Waals surface area contributed by atoms with Crippen LogP contribution in [0.1, 0.15) is 42.2 Å². The lowest BCUT2D eigenvalue weighted by molar-refractivity contribution is -0.149. The van der Waals surface area contributed by atoms with Gasteiger partial charge in [-0.05, 0) is 26.7 Å². The molecule has 0 radical (unpaired) electrons. The number of aromatic nitrogens is 2. The minimum atomic E-state index is -0.235. The topological polar surface area (TPSA) is 73.7 Å². The molecule has 1 amide bonds. The highest BCUT2D eigenvalue weighted by Gasteiger charge is 2.32. The molecular weight excluding hydrogens is 298 g/mol. The number of aryl methyl sites for hydroxylation is 1. The van der Waals surface area contributed by atoms with E-state index in [1.54, 1.807) is 16.5 Å². The van der Waals surface area contributed by atoms with Gasteiger partial charge >= 0.3 is 5.97 Å². The van der Waals surface area contributed by atoms with Crippen molar-refractivity contribution >= 4 is 11.9 Å². The number of fused-ring (bicyclic) bond motifs is 1. The largest absolute Gasteiger partial charge is 0.478 e. The van der Waals surface area contributed by atoms with E-state index >= 15 is 0 Å². The summed E-state index contributed by atoms with van der Waals surface area (Å²) in [7, 11) is 0. The van der Waals surface area contributed by atoms with E-state index in [-0.39, 0.29) is 17.8 Å². The molecule has 0 spiro atoms. The summed E-state index contributed by atoms with van der Waals surface area (Å²) >= 11 is 0. The van der Waals surface area contributed by atoms with Crippen molar-refractivity contribution in [3.8, 4) is 5.88 Å². The summed E-state index contributed by atoms with van der Waals surface area (Å²) in [6.45, 7) is 6.52. The maximum absolute atomic E-state index is 12.8. The molecule has 2 aliphatic rings. The van der Waals surface area contributed by atoms with Crippen LogP contribution < -0.4 is 4.74 Å². The van der Waals surface area contributed by atoms with Gasteiger partial charge < -0.3 is 14.4 Å². The first-order chi connectivity index (χ1) is 11.1. The smallest absolute Gasteiger partial charge is 0.310 e. The minimum absolute atomic E-state index is 0.123. The summed E-state index contributed by atoms with van der Waals surface area (Å²) in [5.74, 6) is 0.121. The standard InChI is InChI=1S/C16H23N3O4/c1-3-22-16(21)12-6-4-7-18(10-12)14(20)13-11(2)15-19(17-13)8-5-9-23-15/h12H,3-10H2,1-2H3. The second-order valence-corrected chi connectivity index (χ2v) is 6.05. The zero-order valence-electron chi connectivity index (χ0n) is 13.7. The Balaban J connectivity index is 1.75. The van der Waals surface area contributed by atoms with Gasteiger partial charge in [0.1, 0.15) is 0 Å². The first kappa shape index (κ1) is 15.8. The van der Waals surface area contributed by atoms with Crippen LogP contribution in [0.15, 0.2) is 0 Å². The van der Waals surface area contributed by atoms with Crippen LogP contribution in [0.25, 0.3) is 0 Å². The molecule has 1 aromatic heterocycles. The zero-order valence-corrected chi connectivity index (χ0v) is 13.7. The van der Waals surface area contributed by atoms with Gasteiger partial charge in [-0.25, -0.2) is 4.68 Å². The number of amides is 1. The van der Waals surface area contributed by atoms with Gasteiger partial charge in [-0.2, -0.15) is 5.10 Å². The van der Waals surface area contributed by atoms with Gasteiger partial charge in [0.2, 0.25) is 5.88 Å². The van der Waals surface area contributed by atoms with Crippen molar-refractivity contribution in [3.05, 3.63) is 11.3 Å². The third-order valence-electron chi connectivity index (χ3n) is 4.42. The van der Waals surface area contributed by atoms with Crippen molar-refractivity contribution in [1.29, 1.82) is 0 Å². The minimum Gasteiger partial charge on any atom is -0.478 e. The van der Waals surface area contributed by atoms with E-state index in [1.807, 2.05) is 6.92 Å². The van der Waals surface area contributed by atoms with E-state index in [0.29, 0.717) is 37.9 Å². The third-order valence-corrected chi connectivity index (χ3v) is 4.42. The number of piperidine rings is 1. The zero-order chi connectivity index (χ0) is 16.4. The van der Waals surface area contributed by atoms with Crippen LogP contribution in [0.2, 0.25) is 0 Å². The molecule has 0 aromatic carbocycles. The normalized spacial score (nSPS) is 20.6. The fourth-order valence-corrected chi connectivity index (χ4v) is 3.22. The molecule has 1 aromatic rings.